The Morgan fingerprint density at radius 2 is 1.95 bits per heavy atom. The molecule has 2 aromatic rings. The highest BCUT2D eigenvalue weighted by Gasteiger charge is 2.19. The van der Waals surface area contributed by atoms with Crippen LogP contribution < -0.4 is 9.47 Å². The molecule has 8 heteroatoms. The minimum atomic E-state index is -1.33. The summed E-state index contributed by atoms with van der Waals surface area (Å²) < 4.78 is 25.3. The maximum atomic E-state index is 12.5. The third-order valence-corrected chi connectivity index (χ3v) is 5.06. The van der Waals surface area contributed by atoms with Crippen molar-refractivity contribution in [2.45, 2.75) is 17.6 Å². The topological polar surface area (TPSA) is 66.2 Å². The molecule has 112 valence electrons. The van der Waals surface area contributed by atoms with Crippen molar-refractivity contribution in [2.24, 2.45) is 7.05 Å². The number of fused-ring (bicyclic) bond motifs is 1. The fourth-order valence-corrected chi connectivity index (χ4v) is 3.56. The Labute approximate surface area is 129 Å². The Morgan fingerprint density at radius 1 is 1.29 bits per heavy atom. The van der Waals surface area contributed by atoms with Crippen LogP contribution in [-0.4, -0.2) is 32.2 Å². The molecular formula is C13H14ClN3O3S. The monoisotopic (exact) mass is 327 g/mol. The lowest BCUT2D eigenvalue weighted by Crippen LogP contribution is -2.15. The summed E-state index contributed by atoms with van der Waals surface area (Å²) >= 11 is 6.20. The van der Waals surface area contributed by atoms with Gasteiger partial charge in [0.25, 0.3) is 0 Å². The predicted octanol–water partition coefficient (Wildman–Crippen LogP) is 1.86. The third kappa shape index (κ3) is 2.75. The average Bonchev–Trinajstić information content (AvgIpc) is 2.78. The van der Waals surface area contributed by atoms with Crippen LogP contribution in [0.4, 0.5) is 0 Å². The summed E-state index contributed by atoms with van der Waals surface area (Å²) in [6.45, 7) is 2.81. The molecule has 0 unspecified atom stereocenters. The van der Waals surface area contributed by atoms with Crippen molar-refractivity contribution in [3.63, 3.8) is 0 Å². The van der Waals surface area contributed by atoms with Crippen molar-refractivity contribution in [1.82, 2.24) is 14.8 Å². The Hall–Kier alpha value is -1.60. The van der Waals surface area contributed by atoms with E-state index in [1.807, 2.05) is 18.5 Å². The Morgan fingerprint density at radius 3 is 2.57 bits per heavy atom. The number of benzene rings is 1. The van der Waals surface area contributed by atoms with Crippen LogP contribution in [0.1, 0.15) is 11.6 Å². The molecule has 0 saturated heterocycles. The smallest absolute Gasteiger partial charge is 0.162 e. The molecule has 3 rings (SSSR count). The van der Waals surface area contributed by atoms with Crippen molar-refractivity contribution in [1.29, 1.82) is 0 Å². The molecule has 2 heterocycles. The van der Waals surface area contributed by atoms with E-state index in [2.05, 4.69) is 10.2 Å². The van der Waals surface area contributed by atoms with Crippen LogP contribution in [0.15, 0.2) is 17.0 Å². The number of hydrogen-bond donors (Lipinski definition) is 0. The molecule has 0 N–H and O–H groups in total. The van der Waals surface area contributed by atoms with Crippen molar-refractivity contribution in [3.05, 3.63) is 28.8 Å². The molecular weight excluding hydrogens is 314 g/mol. The van der Waals surface area contributed by atoms with Crippen molar-refractivity contribution in [2.75, 3.05) is 13.2 Å². The molecule has 1 aromatic heterocycles. The van der Waals surface area contributed by atoms with Gasteiger partial charge >= 0.3 is 0 Å². The van der Waals surface area contributed by atoms with Crippen LogP contribution in [0.3, 0.4) is 0 Å². The van der Waals surface area contributed by atoms with Gasteiger partial charge in [-0.05, 0) is 6.92 Å². The van der Waals surface area contributed by atoms with Gasteiger partial charge in [-0.2, -0.15) is 0 Å². The molecule has 0 saturated carbocycles. The molecule has 21 heavy (non-hydrogen) atoms. The minimum absolute atomic E-state index is 0.247. The first-order valence-electron chi connectivity index (χ1n) is 6.38. The van der Waals surface area contributed by atoms with Crippen LogP contribution >= 0.6 is 11.6 Å². The summed E-state index contributed by atoms with van der Waals surface area (Å²) in [7, 11) is 0.509. The highest BCUT2D eigenvalue weighted by atomic mass is 35.5. The zero-order valence-corrected chi connectivity index (χ0v) is 13.2. The van der Waals surface area contributed by atoms with Gasteiger partial charge < -0.3 is 14.0 Å². The Kier molecular flexibility index (Phi) is 3.86. The van der Waals surface area contributed by atoms with E-state index in [1.165, 1.54) is 0 Å². The van der Waals surface area contributed by atoms with E-state index >= 15 is 0 Å². The van der Waals surface area contributed by atoms with Gasteiger partial charge in [-0.15, -0.1) is 10.2 Å². The standard InChI is InChI=1S/C13H14ClN3O3S/c1-8-15-16-13(17(8)2)7-21(18)12-6-11-10(5-9(12)14)19-3-4-20-11/h5-6H,3-4,7H2,1-2H3/t21-/m1/s1. The number of hydrogen-bond acceptors (Lipinski definition) is 5. The number of ether oxygens (including phenoxy) is 2. The molecule has 1 atom stereocenters. The van der Waals surface area contributed by atoms with Crippen molar-refractivity contribution >= 4 is 22.4 Å². The molecule has 1 aliphatic heterocycles. The first-order chi connectivity index (χ1) is 10.1. The van der Waals surface area contributed by atoms with Gasteiger partial charge in [0, 0.05) is 19.2 Å². The second-order valence-corrected chi connectivity index (χ2v) is 6.47. The summed E-state index contributed by atoms with van der Waals surface area (Å²) in [4.78, 5) is 0.515. The Balaban J connectivity index is 1.89. The summed E-state index contributed by atoms with van der Waals surface area (Å²) in [5, 5.41) is 8.37. The molecule has 0 fully saturated rings. The zero-order valence-electron chi connectivity index (χ0n) is 11.6. The molecule has 0 radical (unpaired) electrons. The van der Waals surface area contributed by atoms with E-state index in [1.54, 1.807) is 12.1 Å². The summed E-state index contributed by atoms with van der Waals surface area (Å²) in [6, 6.07) is 3.32. The largest absolute Gasteiger partial charge is 0.486 e. The Bertz CT molecular complexity index is 717. The van der Waals surface area contributed by atoms with Gasteiger partial charge in [-0.25, -0.2) is 0 Å². The van der Waals surface area contributed by atoms with Gasteiger partial charge in [-0.3, -0.25) is 4.21 Å². The lowest BCUT2D eigenvalue weighted by molar-refractivity contribution is 0.171. The average molecular weight is 328 g/mol. The summed E-state index contributed by atoms with van der Waals surface area (Å²) in [5.41, 5.74) is 0. The molecule has 0 aliphatic carbocycles. The second kappa shape index (κ2) is 5.65. The second-order valence-electron chi connectivity index (χ2n) is 4.64. The minimum Gasteiger partial charge on any atom is -0.486 e. The van der Waals surface area contributed by atoms with Crippen LogP contribution in [-0.2, 0) is 23.6 Å². The quantitative estimate of drug-likeness (QED) is 0.860. The maximum Gasteiger partial charge on any atom is 0.162 e. The summed E-state index contributed by atoms with van der Waals surface area (Å²) in [5.74, 6) is 2.83. The van der Waals surface area contributed by atoms with E-state index in [-0.39, 0.29) is 5.75 Å². The summed E-state index contributed by atoms with van der Waals surface area (Å²) in [6.07, 6.45) is 0. The fraction of sp³-hybridized carbons (Fsp3) is 0.385. The lowest BCUT2D eigenvalue weighted by Gasteiger charge is -2.19. The predicted molar refractivity (Wildman–Crippen MR) is 78.3 cm³/mol. The maximum absolute atomic E-state index is 12.5. The number of nitrogens with zero attached hydrogens (tertiary/aromatic N) is 3. The molecule has 0 amide bonds. The highest BCUT2D eigenvalue weighted by Crippen LogP contribution is 2.37. The molecule has 6 nitrogen and oxygen atoms in total. The van der Waals surface area contributed by atoms with E-state index in [0.717, 1.165) is 5.82 Å². The zero-order chi connectivity index (χ0) is 15.0. The molecule has 1 aromatic carbocycles. The van der Waals surface area contributed by atoms with Gasteiger partial charge in [0.15, 0.2) is 11.5 Å². The van der Waals surface area contributed by atoms with Gasteiger partial charge in [0.05, 0.1) is 26.5 Å². The van der Waals surface area contributed by atoms with E-state index < -0.39 is 10.8 Å². The van der Waals surface area contributed by atoms with Gasteiger partial charge in [-0.1, -0.05) is 11.6 Å². The number of halogens is 1. The highest BCUT2D eigenvalue weighted by molar-refractivity contribution is 7.84. The molecule has 1 aliphatic rings. The van der Waals surface area contributed by atoms with Crippen molar-refractivity contribution < 1.29 is 13.7 Å². The molecule has 0 bridgehead atoms. The first-order valence-corrected chi connectivity index (χ1v) is 8.08. The van der Waals surface area contributed by atoms with Gasteiger partial charge in [0.2, 0.25) is 0 Å². The SMILES string of the molecule is Cc1nnc(C[S@@](=O)c2cc3c(cc2Cl)OCCO3)n1C. The lowest BCUT2D eigenvalue weighted by atomic mass is 10.3. The van der Waals surface area contributed by atoms with Gasteiger partial charge in [0.1, 0.15) is 24.9 Å². The van der Waals surface area contributed by atoms with E-state index in [9.17, 15) is 4.21 Å². The van der Waals surface area contributed by atoms with Crippen molar-refractivity contribution in [3.8, 4) is 11.5 Å². The normalized spacial score (nSPS) is 15.0. The fourth-order valence-electron chi connectivity index (χ4n) is 1.99. The van der Waals surface area contributed by atoms with Crippen LogP contribution in [0.2, 0.25) is 5.02 Å². The molecule has 0 spiro atoms. The number of rotatable bonds is 3. The van der Waals surface area contributed by atoms with E-state index in [4.69, 9.17) is 21.1 Å². The van der Waals surface area contributed by atoms with Crippen LogP contribution in [0, 0.1) is 6.92 Å². The first kappa shape index (κ1) is 14.3. The van der Waals surface area contributed by atoms with Crippen LogP contribution in [0.25, 0.3) is 0 Å². The number of aryl methyl sites for hydroxylation is 1. The van der Waals surface area contributed by atoms with E-state index in [0.29, 0.717) is 40.5 Å². The number of aromatic nitrogens is 3. The van der Waals surface area contributed by atoms with Crippen LogP contribution in [0.5, 0.6) is 11.5 Å². The third-order valence-electron chi connectivity index (χ3n) is 3.28.